The molecule has 5 aromatic carbocycles. The molecule has 10 rings (SSSR count). The molecule has 424 valence electrons. The molecule has 0 unspecified atom stereocenters. The van der Waals surface area contributed by atoms with E-state index >= 15 is 4.39 Å². The fourth-order valence-electron chi connectivity index (χ4n) is 10.3. The topological polar surface area (TPSA) is 194 Å². The van der Waals surface area contributed by atoms with Crippen molar-refractivity contribution >= 4 is 44.3 Å². The zero-order valence-electron chi connectivity index (χ0n) is 45.4. The number of likely N-dealkylation sites (tertiary alicyclic amines) is 1. The Morgan fingerprint density at radius 3 is 1.86 bits per heavy atom. The Bertz CT molecular complexity index is 3390. The van der Waals surface area contributed by atoms with Crippen molar-refractivity contribution in [3.63, 3.8) is 0 Å². The molecule has 0 radical (unpaired) electrons. The average Bonchev–Trinajstić information content (AvgIpc) is 4.29. The number of benzene rings is 5. The molecule has 1 N–H and O–H groups in total. The lowest BCUT2D eigenvalue weighted by molar-refractivity contribution is 0.199. The fraction of sp³-hybridized carbons (Fsp3) is 0.414. The monoisotopic (exact) mass is 1120 g/mol. The van der Waals surface area contributed by atoms with Crippen LogP contribution < -0.4 is 43.0 Å². The summed E-state index contributed by atoms with van der Waals surface area (Å²) in [6.07, 6.45) is 6.58. The lowest BCUT2D eigenvalue weighted by atomic mass is 9.99. The van der Waals surface area contributed by atoms with Gasteiger partial charge in [0.1, 0.15) is 52.5 Å². The number of nitrogens with zero attached hydrogens (tertiary/aromatic N) is 8. The van der Waals surface area contributed by atoms with E-state index in [1.54, 1.807) is 90.4 Å². The summed E-state index contributed by atoms with van der Waals surface area (Å²) in [6.45, 7) is 13.6. The Morgan fingerprint density at radius 1 is 0.675 bits per heavy atom. The number of oxazole rings is 2. The predicted octanol–water partition coefficient (Wildman–Crippen LogP) is 10.2. The summed E-state index contributed by atoms with van der Waals surface area (Å²) in [5, 5.41) is 7.59. The smallest absolute Gasteiger partial charge is 0.327 e. The molecule has 3 aromatic heterocycles. The van der Waals surface area contributed by atoms with Gasteiger partial charge in [0.05, 0.1) is 38.6 Å². The van der Waals surface area contributed by atoms with Crippen LogP contribution in [0, 0.1) is 11.6 Å². The second-order valence-electron chi connectivity index (χ2n) is 19.6. The minimum absolute atomic E-state index is 0.0487. The second kappa shape index (κ2) is 25.6. The summed E-state index contributed by atoms with van der Waals surface area (Å²) in [7, 11) is -4.38. The normalized spacial score (nSPS) is 14.6. The van der Waals surface area contributed by atoms with E-state index < -0.39 is 21.8 Å². The van der Waals surface area contributed by atoms with Crippen LogP contribution in [0.1, 0.15) is 70.9 Å². The Balaban J connectivity index is 0.894. The van der Waals surface area contributed by atoms with Gasteiger partial charge in [0, 0.05) is 63.4 Å². The second-order valence-corrected chi connectivity index (χ2v) is 21.1. The van der Waals surface area contributed by atoms with Crippen molar-refractivity contribution in [1.29, 1.82) is 0 Å². The van der Waals surface area contributed by atoms with Gasteiger partial charge in [0.15, 0.2) is 28.5 Å². The van der Waals surface area contributed by atoms with Gasteiger partial charge in [-0.25, -0.2) is 9.37 Å². The Morgan fingerprint density at radius 2 is 1.25 bits per heavy atom. The van der Waals surface area contributed by atoms with E-state index in [9.17, 15) is 12.8 Å². The minimum Gasteiger partial charge on any atom is -0.493 e. The Hall–Kier alpha value is -7.69. The maximum Gasteiger partial charge on any atom is 0.327 e. The maximum atomic E-state index is 15.2. The van der Waals surface area contributed by atoms with Crippen molar-refractivity contribution in [3.8, 4) is 45.6 Å². The number of anilines is 2. The number of nitrogens with one attached hydrogen (secondary N) is 1. The highest BCUT2D eigenvalue weighted by Crippen LogP contribution is 2.42. The highest BCUT2D eigenvalue weighted by molar-refractivity contribution is 7.87. The van der Waals surface area contributed by atoms with E-state index in [0.29, 0.717) is 130 Å². The molecule has 0 spiro atoms. The number of halogens is 2. The molecule has 2 aliphatic heterocycles. The zero-order chi connectivity index (χ0) is 55.6. The van der Waals surface area contributed by atoms with Crippen LogP contribution in [0.3, 0.4) is 0 Å². The molecular weight excluding hydrogens is 1050 g/mol. The van der Waals surface area contributed by atoms with E-state index in [0.717, 1.165) is 48.2 Å². The van der Waals surface area contributed by atoms with E-state index in [2.05, 4.69) is 25.2 Å². The molecule has 8 aromatic rings. The first-order valence-corrected chi connectivity index (χ1v) is 28.9. The van der Waals surface area contributed by atoms with Crippen LogP contribution in [-0.4, -0.2) is 115 Å². The molecule has 2 aliphatic rings. The molecule has 2 fully saturated rings. The van der Waals surface area contributed by atoms with Crippen LogP contribution in [-0.2, 0) is 29.8 Å². The molecular formula is C58H67F2N9O10S. The molecule has 5 heterocycles. The highest BCUT2D eigenvalue weighted by atomic mass is 32.2. The van der Waals surface area contributed by atoms with Crippen LogP contribution in [0.25, 0.3) is 33.3 Å². The molecule has 0 aliphatic carbocycles. The Labute approximate surface area is 463 Å². The van der Waals surface area contributed by atoms with E-state index in [1.165, 1.54) is 18.5 Å². The highest BCUT2D eigenvalue weighted by Gasteiger charge is 2.34. The van der Waals surface area contributed by atoms with Crippen molar-refractivity contribution < 1.29 is 53.9 Å². The van der Waals surface area contributed by atoms with E-state index in [4.69, 9.17) is 46.7 Å². The lowest BCUT2D eigenvalue weighted by Crippen LogP contribution is -2.47. The largest absolute Gasteiger partial charge is 0.493 e. The van der Waals surface area contributed by atoms with Gasteiger partial charge >= 0.3 is 10.1 Å². The Kier molecular flexibility index (Phi) is 17.8. The van der Waals surface area contributed by atoms with Gasteiger partial charge < -0.3 is 51.8 Å². The third kappa shape index (κ3) is 13.5. The van der Waals surface area contributed by atoms with Crippen LogP contribution >= 0.6 is 0 Å². The standard InChI is InChI=1S/C58H67F2N9O10S/c1-5-72-51-28-40(29-52(73-6-2)55(51)41-10-12-42(59)13-11-41)35-68(43-18-22-61-23-19-43)57-64-48-33-46(15-17-50(48)77-57)79-80(70,71)38-69(58-65-47-32-45(14-16-49(47)78-58)76-27-9-24-67-37-62-36-63-67)44-20-25-66(26-21-44)34-39-30-53(74-7-3)56(60)54(31-39)75-8-4/h10-17,28-33,36-37,43-44,61H,5-9,18-27,34-35,38H2,1-4H3. The molecule has 0 amide bonds. The number of ether oxygens (including phenoxy) is 5. The van der Waals surface area contributed by atoms with Gasteiger partial charge in [-0.2, -0.15) is 27.9 Å². The first kappa shape index (κ1) is 55.6. The van der Waals surface area contributed by atoms with Crippen molar-refractivity contribution in [2.24, 2.45) is 0 Å². The molecule has 0 atom stereocenters. The number of hydrogen-bond donors (Lipinski definition) is 1. The molecule has 80 heavy (non-hydrogen) atoms. The summed E-state index contributed by atoms with van der Waals surface area (Å²) in [5.74, 6) is 0.663. The summed E-state index contributed by atoms with van der Waals surface area (Å²) in [4.78, 5) is 19.8. The zero-order valence-corrected chi connectivity index (χ0v) is 46.3. The number of piperidine rings is 2. The third-order valence-electron chi connectivity index (χ3n) is 14.0. The number of fused-ring (bicyclic) bond motifs is 2. The third-order valence-corrected chi connectivity index (χ3v) is 15.0. The fourth-order valence-corrected chi connectivity index (χ4v) is 11.4. The van der Waals surface area contributed by atoms with Gasteiger partial charge in [-0.1, -0.05) is 12.1 Å². The SMILES string of the molecule is CCOc1cc(CN2CCC(N(CS(=O)(=O)Oc3ccc4oc(N(Cc5cc(OCC)c(-c6ccc(F)cc6)c(OCC)c5)C5CCNCC5)nc4c3)c3nc4cc(OCCCn5cncn5)ccc4o3)CC2)cc(OCC)c1F. The van der Waals surface area contributed by atoms with Gasteiger partial charge in [-0.3, -0.25) is 9.58 Å². The van der Waals surface area contributed by atoms with Gasteiger partial charge in [-0.15, -0.1) is 0 Å². The average molecular weight is 1120 g/mol. The number of aromatic nitrogens is 5. The first-order chi connectivity index (χ1) is 39.0. The summed E-state index contributed by atoms with van der Waals surface area (Å²) in [6, 6.07) is 23.9. The van der Waals surface area contributed by atoms with Crippen molar-refractivity contribution in [1.82, 2.24) is 34.9 Å². The van der Waals surface area contributed by atoms with E-state index in [-0.39, 0.29) is 41.2 Å². The summed E-state index contributed by atoms with van der Waals surface area (Å²) < 4.78 is 108. The first-order valence-electron chi connectivity index (χ1n) is 27.4. The van der Waals surface area contributed by atoms with Gasteiger partial charge in [0.2, 0.25) is 5.82 Å². The van der Waals surface area contributed by atoms with E-state index in [1.807, 2.05) is 26.0 Å². The van der Waals surface area contributed by atoms with Crippen molar-refractivity contribution in [3.05, 3.63) is 120 Å². The molecule has 19 nitrogen and oxygen atoms in total. The van der Waals surface area contributed by atoms with Crippen LogP contribution in [0.2, 0.25) is 0 Å². The lowest BCUT2D eigenvalue weighted by Gasteiger charge is -2.37. The quantitative estimate of drug-likeness (QED) is 0.0397. The molecule has 22 heteroatoms. The predicted molar refractivity (Wildman–Crippen MR) is 298 cm³/mol. The van der Waals surface area contributed by atoms with Crippen LogP contribution in [0.15, 0.2) is 106 Å². The van der Waals surface area contributed by atoms with Crippen molar-refractivity contribution in [2.75, 3.05) is 74.9 Å². The maximum absolute atomic E-state index is 15.2. The van der Waals surface area contributed by atoms with Crippen LogP contribution in [0.5, 0.6) is 34.5 Å². The molecule has 0 bridgehead atoms. The van der Waals surface area contributed by atoms with Crippen LogP contribution in [0.4, 0.5) is 20.8 Å². The summed E-state index contributed by atoms with van der Waals surface area (Å²) in [5.41, 5.74) is 5.02. The number of rotatable bonds is 26. The number of aryl methyl sites for hydroxylation is 1. The summed E-state index contributed by atoms with van der Waals surface area (Å²) >= 11 is 0. The number of hydrogen-bond acceptors (Lipinski definition) is 18. The minimum atomic E-state index is -4.38. The van der Waals surface area contributed by atoms with Gasteiger partial charge in [0.25, 0.3) is 12.0 Å². The van der Waals surface area contributed by atoms with Crippen molar-refractivity contribution in [2.45, 2.75) is 91.5 Å². The molecule has 0 saturated carbocycles. The molecule has 2 saturated heterocycles. The van der Waals surface area contributed by atoms with Gasteiger partial charge in [-0.05, 0) is 144 Å².